The monoisotopic (exact) mass is 446 g/mol. The third-order valence-electron chi connectivity index (χ3n) is 11.9. The van der Waals surface area contributed by atoms with Crippen LogP contribution in [-0.2, 0) is 14.3 Å². The van der Waals surface area contributed by atoms with Crippen molar-refractivity contribution in [2.24, 2.45) is 46.3 Å². The van der Waals surface area contributed by atoms with Crippen LogP contribution in [0.2, 0.25) is 0 Å². The fourth-order valence-corrected chi connectivity index (χ4v) is 10.0. The number of rotatable bonds is 0. The van der Waals surface area contributed by atoms with E-state index in [0.29, 0.717) is 48.3 Å². The Morgan fingerprint density at radius 2 is 1.81 bits per heavy atom. The highest BCUT2D eigenvalue weighted by Crippen LogP contribution is 2.71. The van der Waals surface area contributed by atoms with Gasteiger partial charge in [0.1, 0.15) is 5.60 Å². The van der Waals surface area contributed by atoms with Crippen LogP contribution in [-0.4, -0.2) is 46.2 Å². The Kier molecular flexibility index (Phi) is 4.68. The van der Waals surface area contributed by atoms with Crippen LogP contribution in [0.5, 0.6) is 0 Å². The fourth-order valence-electron chi connectivity index (χ4n) is 10.0. The van der Waals surface area contributed by atoms with Crippen molar-refractivity contribution in [3.05, 3.63) is 0 Å². The molecule has 6 rings (SSSR count). The van der Waals surface area contributed by atoms with Crippen molar-refractivity contribution in [2.45, 2.75) is 109 Å². The molecule has 4 saturated carbocycles. The summed E-state index contributed by atoms with van der Waals surface area (Å²) in [7, 11) is 0. The van der Waals surface area contributed by atoms with Gasteiger partial charge in [0.15, 0.2) is 11.6 Å². The number of fused-ring (bicyclic) bond motifs is 7. The number of ether oxygens (including phenoxy) is 2. The highest BCUT2D eigenvalue weighted by Gasteiger charge is 2.72. The standard InChI is InChI=1S/C27H42O5/c1-15-5-10-27(31-14-15)16(2)23-21(32-27)12-20-18-11-22(29)26(30)13-17(28)6-9-25(26,4)19(18)7-8-24(20,23)3/h15-21,23,28,30H,5-14H2,1-4H3/t15-,16+,17+,18-,19+,20-,21+,23-,24+,25-,26+,27-/m1/s1. The second-order valence-corrected chi connectivity index (χ2v) is 13.2. The minimum absolute atomic E-state index is 0.0173. The topological polar surface area (TPSA) is 76.0 Å². The fraction of sp³-hybridized carbons (Fsp3) is 0.963. The van der Waals surface area contributed by atoms with Gasteiger partial charge in [-0.1, -0.05) is 27.7 Å². The van der Waals surface area contributed by atoms with Crippen LogP contribution in [0.3, 0.4) is 0 Å². The van der Waals surface area contributed by atoms with Crippen LogP contribution < -0.4 is 0 Å². The van der Waals surface area contributed by atoms with Gasteiger partial charge in [0.25, 0.3) is 0 Å². The molecule has 4 aliphatic carbocycles. The predicted molar refractivity (Wildman–Crippen MR) is 120 cm³/mol. The summed E-state index contributed by atoms with van der Waals surface area (Å²) in [6.07, 6.45) is 7.21. The number of hydrogen-bond acceptors (Lipinski definition) is 5. The Balaban J connectivity index is 1.30. The molecule has 6 fully saturated rings. The molecule has 180 valence electrons. The van der Waals surface area contributed by atoms with E-state index >= 15 is 0 Å². The molecular formula is C27H42O5. The summed E-state index contributed by atoms with van der Waals surface area (Å²) in [5, 5.41) is 21.8. The van der Waals surface area contributed by atoms with Crippen molar-refractivity contribution >= 4 is 5.78 Å². The van der Waals surface area contributed by atoms with Crippen molar-refractivity contribution in [2.75, 3.05) is 6.61 Å². The normalized spacial score (nSPS) is 61.8. The molecule has 2 saturated heterocycles. The van der Waals surface area contributed by atoms with E-state index in [4.69, 9.17) is 9.47 Å². The van der Waals surface area contributed by atoms with E-state index in [0.717, 1.165) is 38.7 Å². The van der Waals surface area contributed by atoms with Gasteiger partial charge in [-0.25, -0.2) is 0 Å². The molecule has 12 atom stereocenters. The number of carbonyl (C=O) groups is 1. The number of aliphatic hydroxyl groups excluding tert-OH is 1. The second-order valence-electron chi connectivity index (χ2n) is 13.2. The van der Waals surface area contributed by atoms with E-state index in [9.17, 15) is 15.0 Å². The molecule has 2 N–H and O–H groups in total. The first-order valence-corrected chi connectivity index (χ1v) is 13.3. The zero-order valence-corrected chi connectivity index (χ0v) is 20.3. The quantitative estimate of drug-likeness (QED) is 0.586. The molecule has 0 aromatic carbocycles. The molecule has 6 aliphatic rings. The van der Waals surface area contributed by atoms with Crippen molar-refractivity contribution in [1.29, 1.82) is 0 Å². The first kappa shape index (κ1) is 22.0. The molecule has 1 spiro atoms. The summed E-state index contributed by atoms with van der Waals surface area (Å²) >= 11 is 0. The van der Waals surface area contributed by atoms with Gasteiger partial charge in [-0.05, 0) is 73.5 Å². The average molecular weight is 447 g/mol. The van der Waals surface area contributed by atoms with E-state index in [1.807, 2.05) is 0 Å². The van der Waals surface area contributed by atoms with Gasteiger partial charge < -0.3 is 19.7 Å². The highest BCUT2D eigenvalue weighted by atomic mass is 16.7. The lowest BCUT2D eigenvalue weighted by atomic mass is 9.42. The first-order chi connectivity index (χ1) is 15.0. The molecule has 5 heteroatoms. The van der Waals surface area contributed by atoms with E-state index in [2.05, 4.69) is 27.7 Å². The Morgan fingerprint density at radius 1 is 1.03 bits per heavy atom. The molecule has 0 amide bonds. The van der Waals surface area contributed by atoms with Crippen molar-refractivity contribution < 1.29 is 24.5 Å². The lowest BCUT2D eigenvalue weighted by Gasteiger charge is -2.63. The van der Waals surface area contributed by atoms with Crippen molar-refractivity contribution in [1.82, 2.24) is 0 Å². The molecule has 0 radical (unpaired) electrons. The van der Waals surface area contributed by atoms with Crippen LogP contribution in [0.4, 0.5) is 0 Å². The number of ketones is 1. The Bertz CT molecular complexity index is 804. The van der Waals surface area contributed by atoms with Gasteiger partial charge in [-0.15, -0.1) is 0 Å². The summed E-state index contributed by atoms with van der Waals surface area (Å²) in [5.74, 6) is 2.20. The summed E-state index contributed by atoms with van der Waals surface area (Å²) in [6.45, 7) is 10.0. The van der Waals surface area contributed by atoms with Gasteiger partial charge in [-0.3, -0.25) is 4.79 Å². The number of hydrogen-bond donors (Lipinski definition) is 2. The lowest BCUT2D eigenvalue weighted by Crippen LogP contribution is -2.67. The summed E-state index contributed by atoms with van der Waals surface area (Å²) < 4.78 is 13.2. The van der Waals surface area contributed by atoms with Crippen LogP contribution in [0.1, 0.15) is 85.5 Å². The maximum atomic E-state index is 13.4. The molecule has 2 aliphatic heterocycles. The minimum atomic E-state index is -1.35. The molecule has 0 unspecified atom stereocenters. The Hall–Kier alpha value is -0.490. The second kappa shape index (κ2) is 6.80. The zero-order valence-electron chi connectivity index (χ0n) is 20.3. The predicted octanol–water partition coefficient (Wildman–Crippen LogP) is 4.09. The number of Topliss-reactive ketones (excluding diaryl/α,β-unsaturated/α-hetero) is 1. The summed E-state index contributed by atoms with van der Waals surface area (Å²) in [5.41, 5.74) is -1.60. The Labute approximate surface area is 192 Å². The van der Waals surface area contributed by atoms with Gasteiger partial charge in [0, 0.05) is 30.6 Å². The molecule has 32 heavy (non-hydrogen) atoms. The molecule has 0 aromatic heterocycles. The first-order valence-electron chi connectivity index (χ1n) is 13.3. The third kappa shape index (κ3) is 2.58. The molecule has 5 nitrogen and oxygen atoms in total. The zero-order chi connectivity index (χ0) is 22.7. The average Bonchev–Trinajstić information content (AvgIpc) is 3.18. The van der Waals surface area contributed by atoms with Crippen LogP contribution in [0, 0.1) is 46.3 Å². The Morgan fingerprint density at radius 3 is 2.53 bits per heavy atom. The number of carbonyl (C=O) groups excluding carboxylic acids is 1. The van der Waals surface area contributed by atoms with Crippen molar-refractivity contribution in [3.8, 4) is 0 Å². The van der Waals surface area contributed by atoms with E-state index < -0.39 is 22.9 Å². The van der Waals surface area contributed by atoms with Crippen molar-refractivity contribution in [3.63, 3.8) is 0 Å². The minimum Gasteiger partial charge on any atom is -0.393 e. The van der Waals surface area contributed by atoms with Gasteiger partial charge in [-0.2, -0.15) is 0 Å². The highest BCUT2D eigenvalue weighted by molar-refractivity contribution is 5.89. The van der Waals surface area contributed by atoms with Crippen LogP contribution in [0.15, 0.2) is 0 Å². The molecule has 0 bridgehead atoms. The SMILES string of the molecule is C[C@@H]1CC[C@@]2(OC1)O[C@H]1C[C@@H]3[C@@H]4CC(=O)[C@@]5(O)C[C@@H](O)CC[C@]5(C)[C@H]4CC[C@]3(C)[C@@H]1[C@@H]2C. The van der Waals surface area contributed by atoms with Gasteiger partial charge in [0.2, 0.25) is 0 Å². The third-order valence-corrected chi connectivity index (χ3v) is 11.9. The smallest absolute Gasteiger partial charge is 0.171 e. The van der Waals surface area contributed by atoms with Gasteiger partial charge >= 0.3 is 0 Å². The van der Waals surface area contributed by atoms with E-state index in [1.165, 1.54) is 6.42 Å². The van der Waals surface area contributed by atoms with Crippen LogP contribution >= 0.6 is 0 Å². The van der Waals surface area contributed by atoms with E-state index in [1.54, 1.807) is 0 Å². The molecule has 0 aromatic rings. The largest absolute Gasteiger partial charge is 0.393 e. The molecular weight excluding hydrogens is 404 g/mol. The van der Waals surface area contributed by atoms with Gasteiger partial charge in [0.05, 0.1) is 18.8 Å². The molecule has 2 heterocycles. The van der Waals surface area contributed by atoms with E-state index in [-0.39, 0.29) is 23.7 Å². The van der Waals surface area contributed by atoms with Crippen LogP contribution in [0.25, 0.3) is 0 Å². The number of aliphatic hydroxyl groups is 2. The maximum absolute atomic E-state index is 13.4. The maximum Gasteiger partial charge on any atom is 0.171 e. The summed E-state index contributed by atoms with van der Waals surface area (Å²) in [6, 6.07) is 0. The summed E-state index contributed by atoms with van der Waals surface area (Å²) in [4.78, 5) is 13.4. The lowest BCUT2D eigenvalue weighted by molar-refractivity contribution is -0.273.